The van der Waals surface area contributed by atoms with Gasteiger partial charge >= 0.3 is 0 Å². The standard InChI is InChI=1S/C9H14N2/c1-5-6-9-7(2)8(3)10-11(9)4/h5-6H,1-4H3/b6-5-. The number of aryl methyl sites for hydroxylation is 2. The van der Waals surface area contributed by atoms with Gasteiger partial charge in [0.2, 0.25) is 0 Å². The van der Waals surface area contributed by atoms with Crippen LogP contribution in [0.1, 0.15) is 23.9 Å². The Morgan fingerprint density at radius 2 is 2.00 bits per heavy atom. The van der Waals surface area contributed by atoms with Crippen LogP contribution >= 0.6 is 0 Å². The topological polar surface area (TPSA) is 17.8 Å². The van der Waals surface area contributed by atoms with Gasteiger partial charge in [-0.2, -0.15) is 5.10 Å². The molecule has 0 aliphatic rings. The Morgan fingerprint density at radius 3 is 2.36 bits per heavy atom. The number of aromatic nitrogens is 2. The fourth-order valence-electron chi connectivity index (χ4n) is 1.17. The van der Waals surface area contributed by atoms with E-state index in [0.717, 1.165) is 5.69 Å². The molecule has 1 aromatic rings. The number of hydrogen-bond donors (Lipinski definition) is 0. The third-order valence-electron chi connectivity index (χ3n) is 1.90. The van der Waals surface area contributed by atoms with E-state index in [1.165, 1.54) is 11.3 Å². The van der Waals surface area contributed by atoms with Crippen LogP contribution in [-0.4, -0.2) is 9.78 Å². The van der Waals surface area contributed by atoms with E-state index in [1.54, 1.807) is 0 Å². The van der Waals surface area contributed by atoms with Gasteiger partial charge in [-0.3, -0.25) is 4.68 Å². The molecule has 60 valence electrons. The minimum atomic E-state index is 1.11. The summed E-state index contributed by atoms with van der Waals surface area (Å²) in [6.45, 7) is 6.14. The molecule has 11 heavy (non-hydrogen) atoms. The first-order chi connectivity index (χ1) is 5.16. The lowest BCUT2D eigenvalue weighted by Gasteiger charge is -1.94. The van der Waals surface area contributed by atoms with Crippen LogP contribution in [0.15, 0.2) is 6.08 Å². The van der Waals surface area contributed by atoms with E-state index in [0.29, 0.717) is 0 Å². The summed E-state index contributed by atoms with van der Waals surface area (Å²) in [5.41, 5.74) is 3.58. The molecule has 1 rings (SSSR count). The Labute approximate surface area is 67.5 Å². The van der Waals surface area contributed by atoms with Crippen LogP contribution in [0.25, 0.3) is 6.08 Å². The highest BCUT2D eigenvalue weighted by molar-refractivity contribution is 5.50. The molecule has 0 spiro atoms. The summed E-state index contributed by atoms with van der Waals surface area (Å²) in [7, 11) is 1.97. The average Bonchev–Trinajstić information content (AvgIpc) is 2.17. The molecule has 2 heteroatoms. The molecule has 0 radical (unpaired) electrons. The molecule has 1 aromatic heterocycles. The van der Waals surface area contributed by atoms with Crippen molar-refractivity contribution >= 4 is 6.08 Å². The first-order valence-corrected chi connectivity index (χ1v) is 3.79. The quantitative estimate of drug-likeness (QED) is 0.599. The zero-order chi connectivity index (χ0) is 8.43. The van der Waals surface area contributed by atoms with Gasteiger partial charge in [0.05, 0.1) is 11.4 Å². The van der Waals surface area contributed by atoms with Gasteiger partial charge in [0.25, 0.3) is 0 Å². The van der Waals surface area contributed by atoms with Gasteiger partial charge in [0.15, 0.2) is 0 Å². The van der Waals surface area contributed by atoms with Crippen LogP contribution in [0.5, 0.6) is 0 Å². The largest absolute Gasteiger partial charge is 0.268 e. The zero-order valence-electron chi connectivity index (χ0n) is 7.55. The number of rotatable bonds is 1. The van der Waals surface area contributed by atoms with Crippen LogP contribution in [0.4, 0.5) is 0 Å². The highest BCUT2D eigenvalue weighted by Gasteiger charge is 2.03. The van der Waals surface area contributed by atoms with Gasteiger partial charge in [-0.1, -0.05) is 6.08 Å². The summed E-state index contributed by atoms with van der Waals surface area (Å²) >= 11 is 0. The molecule has 0 saturated carbocycles. The van der Waals surface area contributed by atoms with E-state index in [2.05, 4.69) is 18.1 Å². The minimum absolute atomic E-state index is 1.11. The van der Waals surface area contributed by atoms with Crippen molar-refractivity contribution in [1.29, 1.82) is 0 Å². The second kappa shape index (κ2) is 2.91. The molecule has 0 atom stereocenters. The van der Waals surface area contributed by atoms with Gasteiger partial charge in [0.1, 0.15) is 0 Å². The lowest BCUT2D eigenvalue weighted by atomic mass is 10.2. The van der Waals surface area contributed by atoms with Crippen LogP contribution in [0.2, 0.25) is 0 Å². The van der Waals surface area contributed by atoms with Crippen molar-refractivity contribution in [1.82, 2.24) is 9.78 Å². The van der Waals surface area contributed by atoms with Crippen molar-refractivity contribution in [2.45, 2.75) is 20.8 Å². The molecule has 0 amide bonds. The van der Waals surface area contributed by atoms with Crippen LogP contribution in [0.3, 0.4) is 0 Å². The van der Waals surface area contributed by atoms with E-state index in [-0.39, 0.29) is 0 Å². The summed E-state index contributed by atoms with van der Waals surface area (Å²) in [5.74, 6) is 0. The van der Waals surface area contributed by atoms with Crippen molar-refractivity contribution in [2.24, 2.45) is 7.05 Å². The molecule has 0 fully saturated rings. The number of nitrogens with zero attached hydrogens (tertiary/aromatic N) is 2. The van der Waals surface area contributed by atoms with E-state index >= 15 is 0 Å². The van der Waals surface area contributed by atoms with Crippen molar-refractivity contribution < 1.29 is 0 Å². The van der Waals surface area contributed by atoms with E-state index in [4.69, 9.17) is 0 Å². The van der Waals surface area contributed by atoms with Crippen molar-refractivity contribution in [3.05, 3.63) is 23.0 Å². The zero-order valence-corrected chi connectivity index (χ0v) is 7.55. The predicted octanol–water partition coefficient (Wildman–Crippen LogP) is 2.07. The van der Waals surface area contributed by atoms with Crippen LogP contribution in [-0.2, 0) is 7.05 Å². The Kier molecular flexibility index (Phi) is 2.13. The first-order valence-electron chi connectivity index (χ1n) is 3.79. The first kappa shape index (κ1) is 8.05. The third-order valence-corrected chi connectivity index (χ3v) is 1.90. The van der Waals surface area contributed by atoms with Crippen LogP contribution in [0, 0.1) is 13.8 Å². The molecule has 0 N–H and O–H groups in total. The van der Waals surface area contributed by atoms with E-state index < -0.39 is 0 Å². The maximum absolute atomic E-state index is 4.29. The molecule has 0 aliphatic carbocycles. The SMILES string of the molecule is C/C=C\c1c(C)c(C)nn1C. The molecular formula is C9H14N2. The van der Waals surface area contributed by atoms with E-state index in [1.807, 2.05) is 31.7 Å². The Bertz CT molecular complexity index is 282. The number of hydrogen-bond acceptors (Lipinski definition) is 1. The Morgan fingerprint density at radius 1 is 1.36 bits per heavy atom. The summed E-state index contributed by atoms with van der Waals surface area (Å²) in [6.07, 6.45) is 4.11. The van der Waals surface area contributed by atoms with Gasteiger partial charge in [-0.15, -0.1) is 0 Å². The van der Waals surface area contributed by atoms with E-state index in [9.17, 15) is 0 Å². The normalized spacial score (nSPS) is 11.3. The van der Waals surface area contributed by atoms with Crippen molar-refractivity contribution in [3.63, 3.8) is 0 Å². The van der Waals surface area contributed by atoms with Crippen LogP contribution < -0.4 is 0 Å². The summed E-state index contributed by atoms with van der Waals surface area (Å²) < 4.78 is 1.91. The van der Waals surface area contributed by atoms with Crippen molar-refractivity contribution in [3.8, 4) is 0 Å². The Hall–Kier alpha value is -1.05. The molecule has 1 heterocycles. The maximum Gasteiger partial charge on any atom is 0.0635 e. The minimum Gasteiger partial charge on any atom is -0.268 e. The fourth-order valence-corrected chi connectivity index (χ4v) is 1.17. The highest BCUT2D eigenvalue weighted by atomic mass is 15.3. The predicted molar refractivity (Wildman–Crippen MR) is 47.4 cm³/mol. The molecule has 0 aromatic carbocycles. The monoisotopic (exact) mass is 150 g/mol. The summed E-state index contributed by atoms with van der Waals surface area (Å²) in [4.78, 5) is 0. The number of allylic oxidation sites excluding steroid dienone is 1. The smallest absolute Gasteiger partial charge is 0.0635 e. The molecule has 0 saturated heterocycles. The highest BCUT2D eigenvalue weighted by Crippen LogP contribution is 2.12. The summed E-state index contributed by atoms with van der Waals surface area (Å²) in [6, 6.07) is 0. The molecular weight excluding hydrogens is 136 g/mol. The second-order valence-corrected chi connectivity index (χ2v) is 2.72. The molecule has 2 nitrogen and oxygen atoms in total. The summed E-state index contributed by atoms with van der Waals surface area (Å²) in [5, 5.41) is 4.29. The Balaban J connectivity index is 3.22. The molecule has 0 bridgehead atoms. The fraction of sp³-hybridized carbons (Fsp3) is 0.444. The third kappa shape index (κ3) is 1.34. The van der Waals surface area contributed by atoms with Gasteiger partial charge in [-0.25, -0.2) is 0 Å². The molecule has 0 unspecified atom stereocenters. The van der Waals surface area contributed by atoms with Gasteiger partial charge in [-0.05, 0) is 32.4 Å². The average molecular weight is 150 g/mol. The molecule has 0 aliphatic heterocycles. The lowest BCUT2D eigenvalue weighted by molar-refractivity contribution is 0.749. The van der Waals surface area contributed by atoms with Gasteiger partial charge in [0, 0.05) is 7.05 Å². The van der Waals surface area contributed by atoms with Crippen molar-refractivity contribution in [2.75, 3.05) is 0 Å². The lowest BCUT2D eigenvalue weighted by Crippen LogP contribution is -1.92. The van der Waals surface area contributed by atoms with Gasteiger partial charge < -0.3 is 0 Å². The maximum atomic E-state index is 4.29. The second-order valence-electron chi connectivity index (χ2n) is 2.72.